The summed E-state index contributed by atoms with van der Waals surface area (Å²) in [6, 6.07) is 10.9. The van der Waals surface area contributed by atoms with Gasteiger partial charge in [0.2, 0.25) is 0 Å². The van der Waals surface area contributed by atoms with Crippen LogP contribution in [0, 0.1) is 20.2 Å². The van der Waals surface area contributed by atoms with Gasteiger partial charge in [0.1, 0.15) is 0 Å². The highest BCUT2D eigenvalue weighted by atomic mass is 16.6. The molecule has 0 N–H and O–H groups in total. The van der Waals surface area contributed by atoms with E-state index in [1.54, 1.807) is 0 Å². The van der Waals surface area contributed by atoms with Crippen LogP contribution in [0.2, 0.25) is 0 Å². The molecular formula is C13H9N2O5. The first-order valence-corrected chi connectivity index (χ1v) is 5.65. The number of benzene rings is 2. The SMILES string of the molecule is [O]C(c1ccccc1[N+](=O)[O-])c1ccccc1[N+](=O)[O-]. The van der Waals surface area contributed by atoms with E-state index in [4.69, 9.17) is 0 Å². The summed E-state index contributed by atoms with van der Waals surface area (Å²) in [7, 11) is 0. The lowest BCUT2D eigenvalue weighted by atomic mass is 9.98. The Hall–Kier alpha value is -2.80. The smallest absolute Gasteiger partial charge is 0.258 e. The van der Waals surface area contributed by atoms with Gasteiger partial charge < -0.3 is 0 Å². The predicted octanol–water partition coefficient (Wildman–Crippen LogP) is 3.02. The van der Waals surface area contributed by atoms with Crippen molar-refractivity contribution < 1.29 is 15.0 Å². The minimum absolute atomic E-state index is 0.0909. The highest BCUT2D eigenvalue weighted by molar-refractivity contribution is 5.50. The molecule has 20 heavy (non-hydrogen) atoms. The van der Waals surface area contributed by atoms with Gasteiger partial charge in [-0.1, -0.05) is 24.3 Å². The highest BCUT2D eigenvalue weighted by Crippen LogP contribution is 2.34. The van der Waals surface area contributed by atoms with E-state index < -0.39 is 16.0 Å². The number of hydrogen-bond donors (Lipinski definition) is 0. The Balaban J connectivity index is 2.55. The van der Waals surface area contributed by atoms with Crippen molar-refractivity contribution in [2.24, 2.45) is 0 Å². The topological polar surface area (TPSA) is 106 Å². The molecule has 0 fully saturated rings. The molecule has 2 aromatic rings. The van der Waals surface area contributed by atoms with Crippen molar-refractivity contribution in [1.29, 1.82) is 0 Å². The van der Waals surface area contributed by atoms with Gasteiger partial charge in [-0.15, -0.1) is 0 Å². The standard InChI is InChI=1S/C13H9N2O5/c16-13(9-5-1-3-7-11(9)14(17)18)10-6-2-4-8-12(10)15(19)20/h1-8,13H. The van der Waals surface area contributed by atoms with Crippen molar-refractivity contribution in [1.82, 2.24) is 0 Å². The molecular weight excluding hydrogens is 264 g/mol. The molecule has 1 radical (unpaired) electrons. The minimum atomic E-state index is -1.68. The average Bonchev–Trinajstić information content (AvgIpc) is 2.46. The third-order valence-electron chi connectivity index (χ3n) is 2.83. The fourth-order valence-corrected chi connectivity index (χ4v) is 1.92. The zero-order chi connectivity index (χ0) is 14.7. The van der Waals surface area contributed by atoms with Crippen molar-refractivity contribution >= 4 is 11.4 Å². The number of nitro groups is 2. The summed E-state index contributed by atoms with van der Waals surface area (Å²) in [5, 5.41) is 34.2. The first kappa shape index (κ1) is 13.6. The van der Waals surface area contributed by atoms with E-state index in [1.807, 2.05) is 0 Å². The molecule has 0 bridgehead atoms. The van der Waals surface area contributed by atoms with Crippen LogP contribution in [0.1, 0.15) is 17.2 Å². The lowest BCUT2D eigenvalue weighted by Gasteiger charge is -2.09. The molecule has 0 aliphatic heterocycles. The molecule has 2 aromatic carbocycles. The van der Waals surface area contributed by atoms with Crippen LogP contribution in [0.5, 0.6) is 0 Å². The highest BCUT2D eigenvalue weighted by Gasteiger charge is 2.27. The Labute approximate surface area is 113 Å². The largest absolute Gasteiger partial charge is 0.275 e. The van der Waals surface area contributed by atoms with Crippen molar-refractivity contribution in [3.63, 3.8) is 0 Å². The van der Waals surface area contributed by atoms with Gasteiger partial charge in [0.05, 0.1) is 21.0 Å². The molecule has 0 atom stereocenters. The zero-order valence-corrected chi connectivity index (χ0v) is 10.1. The number of rotatable bonds is 4. The molecule has 101 valence electrons. The normalized spacial score (nSPS) is 10.5. The molecule has 0 saturated carbocycles. The van der Waals surface area contributed by atoms with Crippen LogP contribution in [0.4, 0.5) is 11.4 Å². The summed E-state index contributed by atoms with van der Waals surface area (Å²) in [6.07, 6.45) is -1.68. The maximum absolute atomic E-state index is 12.4. The van der Waals surface area contributed by atoms with E-state index in [0.29, 0.717) is 0 Å². The van der Waals surface area contributed by atoms with Gasteiger partial charge >= 0.3 is 0 Å². The fourth-order valence-electron chi connectivity index (χ4n) is 1.92. The van der Waals surface area contributed by atoms with Crippen LogP contribution in [0.25, 0.3) is 0 Å². The third kappa shape index (κ3) is 2.47. The molecule has 0 saturated heterocycles. The number of nitro benzene ring substituents is 2. The van der Waals surface area contributed by atoms with Crippen LogP contribution in [0.3, 0.4) is 0 Å². The van der Waals surface area contributed by atoms with Crippen molar-refractivity contribution in [3.8, 4) is 0 Å². The van der Waals surface area contributed by atoms with Gasteiger partial charge in [-0.3, -0.25) is 20.2 Å². The second kappa shape index (κ2) is 5.45. The molecule has 7 heteroatoms. The second-order valence-corrected chi connectivity index (χ2v) is 4.01. The van der Waals surface area contributed by atoms with E-state index in [9.17, 15) is 25.3 Å². The second-order valence-electron chi connectivity index (χ2n) is 4.01. The van der Waals surface area contributed by atoms with E-state index in [2.05, 4.69) is 0 Å². The summed E-state index contributed by atoms with van der Waals surface area (Å²) < 4.78 is 0. The van der Waals surface area contributed by atoms with Crippen molar-refractivity contribution in [2.75, 3.05) is 0 Å². The summed E-state index contributed by atoms with van der Waals surface area (Å²) >= 11 is 0. The van der Waals surface area contributed by atoms with Crippen LogP contribution in [-0.4, -0.2) is 9.85 Å². The molecule has 0 heterocycles. The molecule has 7 nitrogen and oxygen atoms in total. The molecule has 0 amide bonds. The van der Waals surface area contributed by atoms with Gasteiger partial charge in [0.15, 0.2) is 6.10 Å². The van der Waals surface area contributed by atoms with Crippen LogP contribution in [0.15, 0.2) is 48.5 Å². The lowest BCUT2D eigenvalue weighted by Crippen LogP contribution is -2.05. The van der Waals surface area contributed by atoms with Gasteiger partial charge in [-0.2, -0.15) is 0 Å². The van der Waals surface area contributed by atoms with Crippen LogP contribution < -0.4 is 0 Å². The van der Waals surface area contributed by atoms with Gasteiger partial charge in [0, 0.05) is 12.1 Å². The monoisotopic (exact) mass is 273 g/mol. The lowest BCUT2D eigenvalue weighted by molar-refractivity contribution is -0.387. The summed E-state index contributed by atoms with van der Waals surface area (Å²) in [6.45, 7) is 0. The molecule has 0 unspecified atom stereocenters. The van der Waals surface area contributed by atoms with E-state index in [1.165, 1.54) is 48.5 Å². The quantitative estimate of drug-likeness (QED) is 0.630. The Morgan fingerprint density at radius 3 is 1.45 bits per heavy atom. The Morgan fingerprint density at radius 2 is 1.10 bits per heavy atom. The molecule has 2 rings (SSSR count). The summed E-state index contributed by atoms with van der Waals surface area (Å²) in [4.78, 5) is 20.5. The molecule has 0 aromatic heterocycles. The van der Waals surface area contributed by atoms with Crippen LogP contribution in [-0.2, 0) is 5.11 Å². The zero-order valence-electron chi connectivity index (χ0n) is 10.1. The van der Waals surface area contributed by atoms with Crippen molar-refractivity contribution in [2.45, 2.75) is 6.10 Å². The summed E-state index contributed by atoms with van der Waals surface area (Å²) in [5.74, 6) is 0. The number of nitrogens with zero attached hydrogens (tertiary/aromatic N) is 2. The van der Waals surface area contributed by atoms with E-state index in [-0.39, 0.29) is 22.5 Å². The van der Waals surface area contributed by atoms with Gasteiger partial charge in [-0.25, -0.2) is 5.11 Å². The first-order chi connectivity index (χ1) is 9.52. The first-order valence-electron chi connectivity index (χ1n) is 5.65. The molecule has 0 spiro atoms. The Kier molecular flexibility index (Phi) is 3.72. The van der Waals surface area contributed by atoms with Gasteiger partial charge in [-0.05, 0) is 12.1 Å². The minimum Gasteiger partial charge on any atom is -0.258 e. The van der Waals surface area contributed by atoms with E-state index in [0.717, 1.165) is 0 Å². The number of hydrogen-bond acceptors (Lipinski definition) is 4. The van der Waals surface area contributed by atoms with Gasteiger partial charge in [0.25, 0.3) is 11.4 Å². The average molecular weight is 273 g/mol. The summed E-state index contributed by atoms with van der Waals surface area (Å²) in [5.41, 5.74) is -0.866. The third-order valence-corrected chi connectivity index (χ3v) is 2.83. The maximum Gasteiger partial charge on any atom is 0.275 e. The van der Waals surface area contributed by atoms with E-state index >= 15 is 0 Å². The fraction of sp³-hybridized carbons (Fsp3) is 0.0769. The number of para-hydroxylation sites is 2. The Morgan fingerprint density at radius 1 is 0.750 bits per heavy atom. The maximum atomic E-state index is 12.4. The molecule has 0 aliphatic rings. The van der Waals surface area contributed by atoms with Crippen LogP contribution >= 0.6 is 0 Å². The Bertz CT molecular complexity index is 614. The molecule has 0 aliphatic carbocycles. The van der Waals surface area contributed by atoms with Crippen molar-refractivity contribution in [3.05, 3.63) is 79.9 Å². The predicted molar refractivity (Wildman–Crippen MR) is 68.7 cm³/mol.